The third kappa shape index (κ3) is 3.11. The highest BCUT2D eigenvalue weighted by Gasteiger charge is 2.14. The molecule has 0 heterocycles. The molecular formula is C10H12ClNO3. The molecule has 3 N–H and O–H groups in total. The Labute approximate surface area is 92.6 Å². The fourth-order valence-corrected chi connectivity index (χ4v) is 1.39. The lowest BCUT2D eigenvalue weighted by Crippen LogP contribution is -2.32. The van der Waals surface area contributed by atoms with Crippen LogP contribution in [0.5, 0.6) is 5.75 Å². The second kappa shape index (κ2) is 5.00. The number of carboxylic acid groups (broad SMARTS) is 1. The normalized spacial score (nSPS) is 12.2. The van der Waals surface area contributed by atoms with Crippen molar-refractivity contribution < 1.29 is 14.6 Å². The summed E-state index contributed by atoms with van der Waals surface area (Å²) in [5.74, 6) is -0.408. The molecule has 0 bridgehead atoms. The van der Waals surface area contributed by atoms with Crippen molar-refractivity contribution in [2.75, 3.05) is 7.11 Å². The first-order chi connectivity index (χ1) is 7.04. The number of hydrogen-bond acceptors (Lipinski definition) is 3. The fraction of sp³-hybridized carbons (Fsp3) is 0.300. The molecule has 82 valence electrons. The number of benzene rings is 1. The van der Waals surface area contributed by atoms with Crippen LogP contribution in [-0.4, -0.2) is 24.2 Å². The lowest BCUT2D eigenvalue weighted by atomic mass is 10.1. The summed E-state index contributed by atoms with van der Waals surface area (Å²) in [5.41, 5.74) is 6.10. The summed E-state index contributed by atoms with van der Waals surface area (Å²) < 4.78 is 4.97. The summed E-state index contributed by atoms with van der Waals surface area (Å²) >= 11 is 5.93. The van der Waals surface area contributed by atoms with E-state index in [0.717, 1.165) is 0 Å². The number of aliphatic carboxylic acids is 1. The van der Waals surface area contributed by atoms with Gasteiger partial charge in [-0.05, 0) is 24.1 Å². The molecule has 15 heavy (non-hydrogen) atoms. The Morgan fingerprint density at radius 1 is 1.67 bits per heavy atom. The number of nitrogens with two attached hydrogens (primary N) is 1. The van der Waals surface area contributed by atoms with Crippen LogP contribution in [-0.2, 0) is 11.2 Å². The van der Waals surface area contributed by atoms with E-state index < -0.39 is 12.0 Å². The summed E-state index contributed by atoms with van der Waals surface area (Å²) in [6.45, 7) is 0. The van der Waals surface area contributed by atoms with E-state index in [2.05, 4.69) is 0 Å². The van der Waals surface area contributed by atoms with Crippen molar-refractivity contribution >= 4 is 17.6 Å². The largest absolute Gasteiger partial charge is 0.497 e. The molecule has 5 heteroatoms. The molecule has 1 rings (SSSR count). The zero-order valence-electron chi connectivity index (χ0n) is 8.24. The minimum atomic E-state index is -1.04. The topological polar surface area (TPSA) is 72.5 Å². The van der Waals surface area contributed by atoms with E-state index in [0.29, 0.717) is 16.3 Å². The summed E-state index contributed by atoms with van der Waals surface area (Å²) in [5, 5.41) is 9.11. The number of halogens is 1. The van der Waals surface area contributed by atoms with E-state index in [-0.39, 0.29) is 6.42 Å². The predicted molar refractivity (Wildman–Crippen MR) is 57.3 cm³/mol. The molecule has 0 radical (unpaired) electrons. The van der Waals surface area contributed by atoms with Crippen LogP contribution in [0.2, 0.25) is 5.02 Å². The SMILES string of the molecule is COc1ccc(C[C@H](N)C(=O)O)c(Cl)c1. The highest BCUT2D eigenvalue weighted by Crippen LogP contribution is 2.23. The van der Waals surface area contributed by atoms with E-state index in [1.165, 1.54) is 7.11 Å². The molecule has 0 fully saturated rings. The quantitative estimate of drug-likeness (QED) is 0.817. The average Bonchev–Trinajstić information content (AvgIpc) is 2.20. The molecule has 0 unspecified atom stereocenters. The van der Waals surface area contributed by atoms with Crippen LogP contribution in [0.1, 0.15) is 5.56 Å². The first kappa shape index (κ1) is 11.8. The van der Waals surface area contributed by atoms with Crippen LogP contribution in [0.15, 0.2) is 18.2 Å². The Bertz CT molecular complexity index is 368. The zero-order chi connectivity index (χ0) is 11.4. The van der Waals surface area contributed by atoms with Crippen molar-refractivity contribution in [2.24, 2.45) is 5.73 Å². The second-order valence-corrected chi connectivity index (χ2v) is 3.51. The summed E-state index contributed by atoms with van der Waals surface area (Å²) in [7, 11) is 1.54. The van der Waals surface area contributed by atoms with Gasteiger partial charge in [-0.2, -0.15) is 0 Å². The molecule has 0 saturated carbocycles. The smallest absolute Gasteiger partial charge is 0.320 e. The minimum absolute atomic E-state index is 0.207. The average molecular weight is 230 g/mol. The maximum Gasteiger partial charge on any atom is 0.320 e. The van der Waals surface area contributed by atoms with E-state index in [1.54, 1.807) is 18.2 Å². The van der Waals surface area contributed by atoms with Gasteiger partial charge < -0.3 is 15.6 Å². The fourth-order valence-electron chi connectivity index (χ4n) is 1.14. The van der Waals surface area contributed by atoms with Gasteiger partial charge in [0, 0.05) is 5.02 Å². The lowest BCUT2D eigenvalue weighted by Gasteiger charge is -2.09. The minimum Gasteiger partial charge on any atom is -0.497 e. The first-order valence-corrected chi connectivity index (χ1v) is 4.73. The standard InChI is InChI=1S/C10H12ClNO3/c1-15-7-3-2-6(8(11)5-7)4-9(12)10(13)14/h2-3,5,9H,4,12H2,1H3,(H,13,14)/t9-/m0/s1. The van der Waals surface area contributed by atoms with Crippen molar-refractivity contribution in [3.63, 3.8) is 0 Å². The van der Waals surface area contributed by atoms with E-state index >= 15 is 0 Å². The Kier molecular flexibility index (Phi) is 3.94. The van der Waals surface area contributed by atoms with Crippen molar-refractivity contribution in [1.82, 2.24) is 0 Å². The Balaban J connectivity index is 2.82. The molecule has 0 saturated heterocycles. The van der Waals surface area contributed by atoms with Gasteiger partial charge in [-0.1, -0.05) is 17.7 Å². The maximum absolute atomic E-state index is 10.5. The third-order valence-corrected chi connectivity index (χ3v) is 2.37. The molecular weight excluding hydrogens is 218 g/mol. The number of methoxy groups -OCH3 is 1. The second-order valence-electron chi connectivity index (χ2n) is 3.11. The molecule has 0 aliphatic heterocycles. The molecule has 1 aromatic carbocycles. The summed E-state index contributed by atoms with van der Waals surface area (Å²) in [6.07, 6.45) is 0.207. The lowest BCUT2D eigenvalue weighted by molar-refractivity contribution is -0.138. The van der Waals surface area contributed by atoms with Gasteiger partial charge in [0.05, 0.1) is 7.11 Å². The summed E-state index contributed by atoms with van der Waals surface area (Å²) in [6, 6.07) is 4.13. The van der Waals surface area contributed by atoms with Gasteiger partial charge in [0.1, 0.15) is 11.8 Å². The van der Waals surface area contributed by atoms with Gasteiger partial charge in [0.15, 0.2) is 0 Å². The van der Waals surface area contributed by atoms with Crippen LogP contribution in [0, 0.1) is 0 Å². The van der Waals surface area contributed by atoms with Gasteiger partial charge in [0.2, 0.25) is 0 Å². The molecule has 0 spiro atoms. The van der Waals surface area contributed by atoms with Crippen LogP contribution in [0.4, 0.5) is 0 Å². The van der Waals surface area contributed by atoms with Crippen molar-refractivity contribution in [3.05, 3.63) is 28.8 Å². The Morgan fingerprint density at radius 3 is 2.80 bits per heavy atom. The molecule has 0 aliphatic carbocycles. The molecule has 1 aromatic rings. The Hall–Kier alpha value is -1.26. The Morgan fingerprint density at radius 2 is 2.33 bits per heavy atom. The van der Waals surface area contributed by atoms with Crippen molar-refractivity contribution in [3.8, 4) is 5.75 Å². The van der Waals surface area contributed by atoms with Gasteiger partial charge in [-0.15, -0.1) is 0 Å². The zero-order valence-corrected chi connectivity index (χ0v) is 8.99. The first-order valence-electron chi connectivity index (χ1n) is 4.35. The van der Waals surface area contributed by atoms with Gasteiger partial charge in [-0.25, -0.2) is 0 Å². The molecule has 4 nitrogen and oxygen atoms in total. The summed E-state index contributed by atoms with van der Waals surface area (Å²) in [4.78, 5) is 10.5. The molecule has 0 amide bonds. The third-order valence-electron chi connectivity index (χ3n) is 2.02. The van der Waals surface area contributed by atoms with Crippen LogP contribution in [0.25, 0.3) is 0 Å². The maximum atomic E-state index is 10.5. The monoisotopic (exact) mass is 229 g/mol. The van der Waals surface area contributed by atoms with E-state index in [4.69, 9.17) is 27.2 Å². The molecule has 0 aromatic heterocycles. The number of rotatable bonds is 4. The predicted octanol–water partition coefficient (Wildman–Crippen LogP) is 1.30. The molecule has 1 atom stereocenters. The molecule has 0 aliphatic rings. The number of carboxylic acids is 1. The van der Waals surface area contributed by atoms with Crippen molar-refractivity contribution in [1.29, 1.82) is 0 Å². The van der Waals surface area contributed by atoms with Crippen LogP contribution < -0.4 is 10.5 Å². The highest BCUT2D eigenvalue weighted by atomic mass is 35.5. The van der Waals surface area contributed by atoms with Crippen molar-refractivity contribution in [2.45, 2.75) is 12.5 Å². The van der Waals surface area contributed by atoms with Crippen LogP contribution in [0.3, 0.4) is 0 Å². The number of hydrogen-bond donors (Lipinski definition) is 2. The van der Waals surface area contributed by atoms with Crippen LogP contribution >= 0.6 is 11.6 Å². The number of carbonyl (C=O) groups is 1. The van der Waals surface area contributed by atoms with Gasteiger partial charge in [0.25, 0.3) is 0 Å². The van der Waals surface area contributed by atoms with E-state index in [9.17, 15) is 4.79 Å². The van der Waals surface area contributed by atoms with Gasteiger partial charge >= 0.3 is 5.97 Å². The van der Waals surface area contributed by atoms with E-state index in [1.807, 2.05) is 0 Å². The van der Waals surface area contributed by atoms with Gasteiger partial charge in [-0.3, -0.25) is 4.79 Å². The number of ether oxygens (including phenoxy) is 1. The highest BCUT2D eigenvalue weighted by molar-refractivity contribution is 6.31.